The maximum absolute atomic E-state index is 10.6. The Morgan fingerprint density at radius 3 is 2.65 bits per heavy atom. The minimum Gasteiger partial charge on any atom is -0.494 e. The molecule has 0 saturated carbocycles. The Labute approximate surface area is 103 Å². The minimum atomic E-state index is -0.278. The zero-order valence-electron chi connectivity index (χ0n) is 10.8. The van der Waals surface area contributed by atoms with E-state index in [9.17, 15) is 4.79 Å². The van der Waals surface area contributed by atoms with Crippen molar-refractivity contribution in [2.45, 2.75) is 39.5 Å². The average molecular weight is 235 g/mol. The third kappa shape index (κ3) is 4.47. The lowest BCUT2D eigenvalue weighted by atomic mass is 9.98. The van der Waals surface area contributed by atoms with Gasteiger partial charge >= 0.3 is 0 Å². The highest BCUT2D eigenvalue weighted by Gasteiger charge is 2.04. The third-order valence-corrected chi connectivity index (χ3v) is 2.70. The Balaban J connectivity index is 2.50. The van der Waals surface area contributed by atoms with Crippen molar-refractivity contribution < 1.29 is 9.53 Å². The van der Waals surface area contributed by atoms with Crippen molar-refractivity contribution in [3.63, 3.8) is 0 Å². The molecule has 2 N–H and O–H groups in total. The largest absolute Gasteiger partial charge is 0.494 e. The van der Waals surface area contributed by atoms with Crippen LogP contribution in [-0.2, 0) is 4.79 Å². The summed E-state index contributed by atoms with van der Waals surface area (Å²) >= 11 is 0. The number of benzene rings is 1. The standard InChI is InChI=1S/C14H21NO2/c1-10(2)13-7-6-12(9-11(13)3)17-8-4-5-14(15)16/h6-7,9-10H,4-5,8H2,1-3H3,(H2,15,16). The van der Waals surface area contributed by atoms with Crippen LogP contribution in [-0.4, -0.2) is 12.5 Å². The van der Waals surface area contributed by atoms with Gasteiger partial charge in [0.15, 0.2) is 0 Å². The quantitative estimate of drug-likeness (QED) is 0.771. The van der Waals surface area contributed by atoms with Crippen molar-refractivity contribution in [1.82, 2.24) is 0 Å². The number of hydrogen-bond donors (Lipinski definition) is 1. The van der Waals surface area contributed by atoms with Gasteiger partial charge in [0.1, 0.15) is 5.75 Å². The number of primary amides is 1. The van der Waals surface area contributed by atoms with Crippen LogP contribution in [0.2, 0.25) is 0 Å². The molecule has 1 aromatic carbocycles. The summed E-state index contributed by atoms with van der Waals surface area (Å²) in [4.78, 5) is 10.6. The fraction of sp³-hybridized carbons (Fsp3) is 0.500. The van der Waals surface area contributed by atoms with Gasteiger partial charge in [0.2, 0.25) is 5.91 Å². The van der Waals surface area contributed by atoms with Crippen LogP contribution in [0.15, 0.2) is 18.2 Å². The van der Waals surface area contributed by atoms with Crippen LogP contribution in [0.25, 0.3) is 0 Å². The van der Waals surface area contributed by atoms with E-state index in [0.717, 1.165) is 5.75 Å². The molecule has 0 unspecified atom stereocenters. The molecule has 0 bridgehead atoms. The van der Waals surface area contributed by atoms with Gasteiger partial charge in [-0.1, -0.05) is 19.9 Å². The first kappa shape index (κ1) is 13.6. The van der Waals surface area contributed by atoms with Crippen LogP contribution in [0, 0.1) is 6.92 Å². The van der Waals surface area contributed by atoms with Gasteiger partial charge in [-0.2, -0.15) is 0 Å². The summed E-state index contributed by atoms with van der Waals surface area (Å²) in [7, 11) is 0. The van der Waals surface area contributed by atoms with E-state index in [1.807, 2.05) is 12.1 Å². The summed E-state index contributed by atoms with van der Waals surface area (Å²) < 4.78 is 5.56. The molecule has 0 radical (unpaired) electrons. The number of hydrogen-bond acceptors (Lipinski definition) is 2. The number of carbonyl (C=O) groups excluding carboxylic acids is 1. The maximum atomic E-state index is 10.6. The van der Waals surface area contributed by atoms with Gasteiger partial charge < -0.3 is 10.5 Å². The molecular weight excluding hydrogens is 214 g/mol. The van der Waals surface area contributed by atoms with Crippen LogP contribution in [0.5, 0.6) is 5.75 Å². The fourth-order valence-corrected chi connectivity index (χ4v) is 1.82. The molecule has 3 heteroatoms. The molecule has 94 valence electrons. The van der Waals surface area contributed by atoms with Gasteiger partial charge in [0.05, 0.1) is 6.61 Å². The van der Waals surface area contributed by atoms with Crippen molar-refractivity contribution in [3.8, 4) is 5.75 Å². The first-order chi connectivity index (χ1) is 8.00. The van der Waals surface area contributed by atoms with Gasteiger partial charge in [-0.25, -0.2) is 0 Å². The molecule has 0 saturated heterocycles. The van der Waals surface area contributed by atoms with Gasteiger partial charge in [-0.05, 0) is 42.5 Å². The van der Waals surface area contributed by atoms with E-state index < -0.39 is 0 Å². The maximum Gasteiger partial charge on any atom is 0.217 e. The number of amides is 1. The summed E-state index contributed by atoms with van der Waals surface area (Å²) in [5, 5.41) is 0. The molecule has 17 heavy (non-hydrogen) atoms. The van der Waals surface area contributed by atoms with E-state index in [2.05, 4.69) is 26.8 Å². The number of ether oxygens (including phenoxy) is 1. The highest BCUT2D eigenvalue weighted by Crippen LogP contribution is 2.23. The van der Waals surface area contributed by atoms with E-state index in [4.69, 9.17) is 10.5 Å². The Morgan fingerprint density at radius 1 is 1.41 bits per heavy atom. The summed E-state index contributed by atoms with van der Waals surface area (Å²) in [6, 6.07) is 6.12. The summed E-state index contributed by atoms with van der Waals surface area (Å²) in [6.45, 7) is 6.97. The predicted octanol–water partition coefficient (Wildman–Crippen LogP) is 2.76. The van der Waals surface area contributed by atoms with Gasteiger partial charge in [0.25, 0.3) is 0 Å². The molecule has 3 nitrogen and oxygen atoms in total. The molecule has 0 aromatic heterocycles. The van der Waals surface area contributed by atoms with Crippen molar-refractivity contribution in [3.05, 3.63) is 29.3 Å². The predicted molar refractivity (Wildman–Crippen MR) is 69.2 cm³/mol. The highest BCUT2D eigenvalue weighted by molar-refractivity contribution is 5.73. The fourth-order valence-electron chi connectivity index (χ4n) is 1.82. The van der Waals surface area contributed by atoms with Crippen molar-refractivity contribution >= 4 is 5.91 Å². The smallest absolute Gasteiger partial charge is 0.217 e. The van der Waals surface area contributed by atoms with E-state index in [-0.39, 0.29) is 5.91 Å². The summed E-state index contributed by atoms with van der Waals surface area (Å²) in [5.41, 5.74) is 7.64. The SMILES string of the molecule is Cc1cc(OCCCC(N)=O)ccc1C(C)C. The van der Waals surface area contributed by atoms with Crippen molar-refractivity contribution in [2.24, 2.45) is 5.73 Å². The first-order valence-electron chi connectivity index (χ1n) is 6.02. The second-order valence-corrected chi connectivity index (χ2v) is 4.59. The molecule has 0 aliphatic rings. The summed E-state index contributed by atoms with van der Waals surface area (Å²) in [6.07, 6.45) is 1.05. The van der Waals surface area contributed by atoms with Crippen LogP contribution in [0.1, 0.15) is 43.7 Å². The molecular formula is C14H21NO2. The Kier molecular flexibility index (Phi) is 5.01. The Bertz CT molecular complexity index is 386. The van der Waals surface area contributed by atoms with E-state index >= 15 is 0 Å². The zero-order valence-corrected chi connectivity index (χ0v) is 10.8. The lowest BCUT2D eigenvalue weighted by Gasteiger charge is -2.12. The molecule has 0 heterocycles. The highest BCUT2D eigenvalue weighted by atomic mass is 16.5. The second-order valence-electron chi connectivity index (χ2n) is 4.59. The van der Waals surface area contributed by atoms with Crippen molar-refractivity contribution in [1.29, 1.82) is 0 Å². The van der Waals surface area contributed by atoms with E-state index in [1.165, 1.54) is 11.1 Å². The molecule has 1 aromatic rings. The van der Waals surface area contributed by atoms with Crippen molar-refractivity contribution in [2.75, 3.05) is 6.61 Å². The van der Waals surface area contributed by atoms with Crippen LogP contribution < -0.4 is 10.5 Å². The minimum absolute atomic E-state index is 0.278. The first-order valence-corrected chi connectivity index (χ1v) is 6.02. The van der Waals surface area contributed by atoms with Crippen LogP contribution in [0.4, 0.5) is 0 Å². The topological polar surface area (TPSA) is 52.3 Å². The molecule has 0 aliphatic carbocycles. The molecule has 0 aliphatic heterocycles. The number of rotatable bonds is 6. The monoisotopic (exact) mass is 235 g/mol. The van der Waals surface area contributed by atoms with E-state index in [0.29, 0.717) is 25.4 Å². The van der Waals surface area contributed by atoms with Crippen LogP contribution in [0.3, 0.4) is 0 Å². The second kappa shape index (κ2) is 6.28. The van der Waals surface area contributed by atoms with Gasteiger partial charge in [-0.3, -0.25) is 4.79 Å². The molecule has 0 atom stereocenters. The number of aryl methyl sites for hydroxylation is 1. The third-order valence-electron chi connectivity index (χ3n) is 2.70. The molecule has 0 fully saturated rings. The Morgan fingerprint density at radius 2 is 2.12 bits per heavy atom. The number of carbonyl (C=O) groups is 1. The Hall–Kier alpha value is -1.51. The molecule has 0 spiro atoms. The normalized spacial score (nSPS) is 10.6. The zero-order chi connectivity index (χ0) is 12.8. The lowest BCUT2D eigenvalue weighted by Crippen LogP contribution is -2.11. The number of nitrogens with two attached hydrogens (primary N) is 1. The average Bonchev–Trinajstić information content (AvgIpc) is 2.23. The molecule has 1 amide bonds. The van der Waals surface area contributed by atoms with Gasteiger partial charge in [-0.15, -0.1) is 0 Å². The summed E-state index contributed by atoms with van der Waals surface area (Å²) in [5.74, 6) is 1.11. The van der Waals surface area contributed by atoms with Gasteiger partial charge in [0, 0.05) is 6.42 Å². The molecule has 1 rings (SSSR count). The van der Waals surface area contributed by atoms with Crippen LogP contribution >= 0.6 is 0 Å². The lowest BCUT2D eigenvalue weighted by molar-refractivity contribution is -0.118. The van der Waals surface area contributed by atoms with E-state index in [1.54, 1.807) is 0 Å².